The second kappa shape index (κ2) is 5.93. The fraction of sp³-hybridized carbons (Fsp3) is 0.455. The Balaban J connectivity index is 2.56. The molecule has 0 radical (unpaired) electrons. The topological polar surface area (TPSA) is 88.8 Å². The number of hydrogen-bond donors (Lipinski definition) is 2. The van der Waals surface area contributed by atoms with Crippen LogP contribution in [0.15, 0.2) is 16.7 Å². The fourth-order valence-corrected chi connectivity index (χ4v) is 1.33. The molecule has 0 aromatic carbocycles. The number of esters is 1. The van der Waals surface area contributed by atoms with E-state index in [2.05, 4.69) is 5.32 Å². The van der Waals surface area contributed by atoms with Gasteiger partial charge in [-0.25, -0.2) is 4.79 Å². The van der Waals surface area contributed by atoms with Crippen LogP contribution in [0.2, 0.25) is 0 Å². The lowest BCUT2D eigenvalue weighted by molar-refractivity contribution is -0.143. The first-order valence-corrected chi connectivity index (χ1v) is 5.27. The molecule has 1 unspecified atom stereocenters. The van der Waals surface area contributed by atoms with Gasteiger partial charge < -0.3 is 19.6 Å². The average molecular weight is 241 g/mol. The highest BCUT2D eigenvalue weighted by molar-refractivity contribution is 5.92. The van der Waals surface area contributed by atoms with E-state index in [1.165, 1.54) is 12.3 Å². The van der Waals surface area contributed by atoms with Gasteiger partial charge in [0.25, 0.3) is 0 Å². The molecule has 2 N–H and O–H groups in total. The molecule has 0 aliphatic carbocycles. The third-order valence-corrected chi connectivity index (χ3v) is 2.05. The first-order valence-electron chi connectivity index (χ1n) is 5.27. The SMILES string of the molecule is CCOC(=O)CC(C)Nc1occc1C(=O)O. The Labute approximate surface area is 98.6 Å². The van der Waals surface area contributed by atoms with Gasteiger partial charge in [-0.05, 0) is 19.9 Å². The summed E-state index contributed by atoms with van der Waals surface area (Å²) in [7, 11) is 0. The van der Waals surface area contributed by atoms with Gasteiger partial charge in [-0.1, -0.05) is 0 Å². The number of carboxylic acids is 1. The molecule has 17 heavy (non-hydrogen) atoms. The van der Waals surface area contributed by atoms with E-state index < -0.39 is 5.97 Å². The lowest BCUT2D eigenvalue weighted by atomic mass is 10.2. The molecule has 6 nitrogen and oxygen atoms in total. The van der Waals surface area contributed by atoms with Crippen LogP contribution >= 0.6 is 0 Å². The molecule has 0 fully saturated rings. The first-order chi connectivity index (χ1) is 8.04. The maximum Gasteiger partial charge on any atom is 0.341 e. The van der Waals surface area contributed by atoms with Crippen LogP contribution in [0.1, 0.15) is 30.6 Å². The van der Waals surface area contributed by atoms with Crippen LogP contribution in [-0.2, 0) is 9.53 Å². The number of carbonyl (C=O) groups excluding carboxylic acids is 1. The molecule has 0 saturated carbocycles. The molecule has 0 amide bonds. The van der Waals surface area contributed by atoms with Crippen molar-refractivity contribution in [2.24, 2.45) is 0 Å². The predicted molar refractivity (Wildman–Crippen MR) is 60.0 cm³/mol. The number of ether oxygens (including phenoxy) is 1. The lowest BCUT2D eigenvalue weighted by Crippen LogP contribution is -2.21. The standard InChI is InChI=1S/C11H15NO5/c1-3-16-9(13)6-7(2)12-10-8(11(14)15)4-5-17-10/h4-5,7,12H,3,6H2,1-2H3,(H,14,15). The van der Waals surface area contributed by atoms with E-state index in [4.69, 9.17) is 14.3 Å². The number of aromatic carboxylic acids is 1. The van der Waals surface area contributed by atoms with Crippen LogP contribution in [0.5, 0.6) is 0 Å². The summed E-state index contributed by atoms with van der Waals surface area (Å²) in [6.45, 7) is 3.79. The van der Waals surface area contributed by atoms with Gasteiger partial charge in [-0.15, -0.1) is 0 Å². The Morgan fingerprint density at radius 3 is 2.88 bits per heavy atom. The molecule has 0 aliphatic heterocycles. The summed E-state index contributed by atoms with van der Waals surface area (Å²) in [5.74, 6) is -1.27. The fourth-order valence-electron chi connectivity index (χ4n) is 1.33. The van der Waals surface area contributed by atoms with E-state index in [-0.39, 0.29) is 29.9 Å². The highest BCUT2D eigenvalue weighted by atomic mass is 16.5. The highest BCUT2D eigenvalue weighted by Crippen LogP contribution is 2.18. The van der Waals surface area contributed by atoms with E-state index in [1.807, 2.05) is 0 Å². The van der Waals surface area contributed by atoms with Crippen molar-refractivity contribution >= 4 is 17.8 Å². The second-order valence-corrected chi connectivity index (χ2v) is 3.52. The Bertz CT molecular complexity index is 398. The van der Waals surface area contributed by atoms with Crippen LogP contribution in [-0.4, -0.2) is 29.7 Å². The smallest absolute Gasteiger partial charge is 0.341 e. The van der Waals surface area contributed by atoms with Gasteiger partial charge in [0.1, 0.15) is 5.56 Å². The number of hydrogen-bond acceptors (Lipinski definition) is 5. The molecular weight excluding hydrogens is 226 g/mol. The average Bonchev–Trinajstić information content (AvgIpc) is 2.65. The molecule has 1 rings (SSSR count). The van der Waals surface area contributed by atoms with Crippen molar-refractivity contribution in [2.45, 2.75) is 26.3 Å². The van der Waals surface area contributed by atoms with Crippen LogP contribution in [0.25, 0.3) is 0 Å². The number of nitrogens with one attached hydrogen (secondary N) is 1. The number of furan rings is 1. The summed E-state index contributed by atoms with van der Waals surface area (Å²) in [5.41, 5.74) is 0.0423. The maximum absolute atomic E-state index is 11.2. The van der Waals surface area contributed by atoms with Crippen LogP contribution in [0, 0.1) is 0 Å². The van der Waals surface area contributed by atoms with E-state index in [0.717, 1.165) is 0 Å². The van der Waals surface area contributed by atoms with Crippen molar-refractivity contribution in [2.75, 3.05) is 11.9 Å². The summed E-state index contributed by atoms with van der Waals surface area (Å²) >= 11 is 0. The normalized spacial score (nSPS) is 11.9. The van der Waals surface area contributed by atoms with Gasteiger partial charge in [0.15, 0.2) is 0 Å². The third kappa shape index (κ3) is 3.82. The van der Waals surface area contributed by atoms with Crippen LogP contribution < -0.4 is 5.32 Å². The van der Waals surface area contributed by atoms with Crippen molar-refractivity contribution in [3.63, 3.8) is 0 Å². The third-order valence-electron chi connectivity index (χ3n) is 2.05. The van der Waals surface area contributed by atoms with Crippen LogP contribution in [0.4, 0.5) is 5.88 Å². The minimum absolute atomic E-state index is 0.0423. The maximum atomic E-state index is 11.2. The molecule has 94 valence electrons. The Morgan fingerprint density at radius 2 is 2.29 bits per heavy atom. The quantitative estimate of drug-likeness (QED) is 0.737. The zero-order valence-electron chi connectivity index (χ0n) is 9.73. The minimum atomic E-state index is -1.08. The monoisotopic (exact) mass is 241 g/mol. The molecule has 1 atom stereocenters. The number of rotatable bonds is 6. The van der Waals surface area contributed by atoms with E-state index in [1.54, 1.807) is 13.8 Å². The van der Waals surface area contributed by atoms with Crippen molar-refractivity contribution in [1.29, 1.82) is 0 Å². The Hall–Kier alpha value is -1.98. The Kier molecular flexibility index (Phi) is 4.56. The number of carboxylic acid groups (broad SMARTS) is 1. The first kappa shape index (κ1) is 13.1. The summed E-state index contributed by atoms with van der Waals surface area (Å²) in [6.07, 6.45) is 1.43. The number of anilines is 1. The highest BCUT2D eigenvalue weighted by Gasteiger charge is 2.17. The number of carbonyl (C=O) groups is 2. The van der Waals surface area contributed by atoms with Gasteiger partial charge in [0, 0.05) is 6.04 Å². The van der Waals surface area contributed by atoms with Crippen molar-refractivity contribution in [3.05, 3.63) is 17.9 Å². The molecule has 0 spiro atoms. The molecular formula is C11H15NO5. The minimum Gasteiger partial charge on any atom is -0.477 e. The van der Waals surface area contributed by atoms with Crippen molar-refractivity contribution in [3.8, 4) is 0 Å². The zero-order valence-corrected chi connectivity index (χ0v) is 9.73. The summed E-state index contributed by atoms with van der Waals surface area (Å²) in [6, 6.07) is 1.08. The van der Waals surface area contributed by atoms with E-state index in [0.29, 0.717) is 6.61 Å². The molecule has 0 bridgehead atoms. The zero-order chi connectivity index (χ0) is 12.8. The largest absolute Gasteiger partial charge is 0.477 e. The summed E-state index contributed by atoms with van der Waals surface area (Å²) in [4.78, 5) is 22.0. The van der Waals surface area contributed by atoms with Gasteiger partial charge in [-0.3, -0.25) is 4.79 Å². The molecule has 0 aliphatic rings. The Morgan fingerprint density at radius 1 is 1.59 bits per heavy atom. The molecule has 1 aromatic heterocycles. The van der Waals surface area contributed by atoms with Crippen LogP contribution in [0.3, 0.4) is 0 Å². The molecule has 6 heteroatoms. The van der Waals surface area contributed by atoms with Crippen molar-refractivity contribution < 1.29 is 23.8 Å². The molecule has 1 aromatic rings. The van der Waals surface area contributed by atoms with Gasteiger partial charge in [0.2, 0.25) is 5.88 Å². The molecule has 1 heterocycles. The van der Waals surface area contributed by atoms with E-state index in [9.17, 15) is 9.59 Å². The summed E-state index contributed by atoms with van der Waals surface area (Å²) in [5, 5.41) is 11.7. The lowest BCUT2D eigenvalue weighted by Gasteiger charge is -2.12. The van der Waals surface area contributed by atoms with Gasteiger partial charge in [0.05, 0.1) is 19.3 Å². The summed E-state index contributed by atoms with van der Waals surface area (Å²) < 4.78 is 9.78. The van der Waals surface area contributed by atoms with Gasteiger partial charge in [-0.2, -0.15) is 0 Å². The van der Waals surface area contributed by atoms with Gasteiger partial charge >= 0.3 is 11.9 Å². The predicted octanol–water partition coefficient (Wildman–Crippen LogP) is 1.73. The van der Waals surface area contributed by atoms with E-state index >= 15 is 0 Å². The molecule has 0 saturated heterocycles. The second-order valence-electron chi connectivity index (χ2n) is 3.52. The van der Waals surface area contributed by atoms with Crippen molar-refractivity contribution in [1.82, 2.24) is 0 Å².